The van der Waals surface area contributed by atoms with Gasteiger partial charge in [0.1, 0.15) is 0 Å². The van der Waals surface area contributed by atoms with Gasteiger partial charge in [-0.2, -0.15) is 0 Å². The zero-order valence-electron chi connectivity index (χ0n) is 16.4. The van der Waals surface area contributed by atoms with Crippen LogP contribution in [0.2, 0.25) is 0 Å². The maximum Gasteiger partial charge on any atom is 0.321 e. The summed E-state index contributed by atoms with van der Waals surface area (Å²) < 4.78 is 0. The van der Waals surface area contributed by atoms with Gasteiger partial charge in [0, 0.05) is 5.92 Å². The van der Waals surface area contributed by atoms with Crippen molar-refractivity contribution in [1.29, 1.82) is 0 Å². The van der Waals surface area contributed by atoms with Crippen LogP contribution in [-0.2, 0) is 0 Å². The number of anilines is 2. The predicted octanol–water partition coefficient (Wildman–Crippen LogP) is 5.01. The minimum absolute atomic E-state index is 0.464. The topological polar surface area (TPSA) is 78.0 Å². The van der Waals surface area contributed by atoms with Crippen molar-refractivity contribution in [2.45, 2.75) is 115 Å². The molecule has 0 spiro atoms. The van der Waals surface area contributed by atoms with Crippen molar-refractivity contribution in [2.75, 3.05) is 11.1 Å². The Morgan fingerprint density at radius 2 is 1.19 bits per heavy atom. The van der Waals surface area contributed by atoms with Gasteiger partial charge in [0.15, 0.2) is 0 Å². The van der Waals surface area contributed by atoms with E-state index in [4.69, 9.17) is 10.7 Å². The van der Waals surface area contributed by atoms with E-state index in [0.717, 1.165) is 11.8 Å². The summed E-state index contributed by atoms with van der Waals surface area (Å²) >= 11 is 0. The largest absolute Gasteiger partial charge is 0.321 e. The van der Waals surface area contributed by atoms with E-state index in [0.29, 0.717) is 17.9 Å². The van der Waals surface area contributed by atoms with E-state index >= 15 is 0 Å². The van der Waals surface area contributed by atoms with E-state index in [9.17, 15) is 0 Å². The van der Waals surface area contributed by atoms with Crippen LogP contribution in [0.25, 0.3) is 0 Å². The lowest BCUT2D eigenvalue weighted by atomic mass is 9.96. The first-order chi connectivity index (χ1) is 12.8. The highest BCUT2D eigenvalue weighted by Crippen LogP contribution is 2.29. The van der Waals surface area contributed by atoms with Crippen molar-refractivity contribution >= 4 is 11.9 Å². The Morgan fingerprint density at radius 1 is 0.692 bits per heavy atom. The molecule has 0 aromatic carbocycles. The monoisotopic (exact) mass is 360 g/mol. The van der Waals surface area contributed by atoms with Crippen LogP contribution in [0.5, 0.6) is 0 Å². The number of nitrogen functional groups attached to an aromatic ring is 1. The summed E-state index contributed by atoms with van der Waals surface area (Å²) in [7, 11) is 0. The van der Waals surface area contributed by atoms with Crippen molar-refractivity contribution in [3.8, 4) is 0 Å². The smallest absolute Gasteiger partial charge is 0.320 e. The van der Waals surface area contributed by atoms with Crippen LogP contribution in [0.3, 0.4) is 0 Å². The van der Waals surface area contributed by atoms with E-state index < -0.39 is 0 Å². The molecule has 1 heterocycles. The second-order valence-electron chi connectivity index (χ2n) is 8.38. The van der Waals surface area contributed by atoms with Crippen LogP contribution in [0.4, 0.5) is 11.9 Å². The van der Waals surface area contributed by atoms with Gasteiger partial charge < -0.3 is 11.1 Å². The van der Waals surface area contributed by atoms with E-state index in [2.05, 4.69) is 15.3 Å². The molecule has 2 saturated carbocycles. The molecule has 0 bridgehead atoms. The number of nitrogens with two attached hydrogens (primary N) is 1. The van der Waals surface area contributed by atoms with Crippen molar-refractivity contribution in [1.82, 2.24) is 9.97 Å². The first-order valence-electron chi connectivity index (χ1n) is 11.1. The molecule has 0 unspecified atom stereocenters. The van der Waals surface area contributed by atoms with Gasteiger partial charge in [-0.25, -0.2) is 4.98 Å². The number of nitrogens with one attached hydrogen (secondary N) is 2. The van der Waals surface area contributed by atoms with Gasteiger partial charge in [-0.05, 0) is 25.7 Å². The quantitative estimate of drug-likeness (QED) is 0.794. The number of aromatic amines is 1. The fourth-order valence-electron chi connectivity index (χ4n) is 4.55. The Kier molecular flexibility index (Phi) is 7.96. The predicted molar refractivity (Wildman–Crippen MR) is 107 cm³/mol. The number of aromatic nitrogens is 3. The van der Waals surface area contributed by atoms with Gasteiger partial charge in [0.25, 0.3) is 0 Å². The molecule has 2 aliphatic carbocycles. The number of H-pyrrole nitrogens is 1. The summed E-state index contributed by atoms with van der Waals surface area (Å²) in [6, 6.07) is 0.507. The van der Waals surface area contributed by atoms with Crippen LogP contribution in [0.1, 0.15) is 114 Å². The highest BCUT2D eigenvalue weighted by Gasteiger charge is 2.23. The minimum Gasteiger partial charge on any atom is -0.320 e. The molecule has 2 fully saturated rings. The Hall–Kier alpha value is -1.39. The molecule has 1 aromatic rings. The number of rotatable bonds is 3. The molecule has 5 heteroatoms. The second kappa shape index (κ2) is 10.7. The zero-order chi connectivity index (χ0) is 18.0. The molecule has 0 atom stereocenters. The maximum atomic E-state index is 6.11. The van der Waals surface area contributed by atoms with Crippen LogP contribution < -0.4 is 16.0 Å². The molecule has 0 radical (unpaired) electrons. The Labute approximate surface area is 159 Å². The van der Waals surface area contributed by atoms with Gasteiger partial charge in [0.05, 0.1) is 6.04 Å². The average molecular weight is 361 g/mol. The van der Waals surface area contributed by atoms with Gasteiger partial charge in [-0.15, -0.1) is 9.97 Å². The fourth-order valence-corrected chi connectivity index (χ4v) is 4.55. The summed E-state index contributed by atoms with van der Waals surface area (Å²) in [5.74, 6) is 2.75. The standard InChI is InChI=1S/C21H37N5/c22-20-24-19(17-13-9-5-1-2-6-10-14-17)25-21(26-20)23-18-15-11-7-3-4-8-12-16-18/h17-18H,1-16H2,(H3,22,23,24,25,26)/p+1. The molecule has 5 nitrogen and oxygen atoms in total. The summed E-state index contributed by atoms with van der Waals surface area (Å²) in [6.45, 7) is 0. The molecular weight excluding hydrogens is 322 g/mol. The molecular formula is C21H38N5+. The van der Waals surface area contributed by atoms with Crippen LogP contribution in [0, 0.1) is 0 Å². The molecule has 2 aliphatic rings. The molecule has 4 N–H and O–H groups in total. The molecule has 0 saturated heterocycles. The summed E-state index contributed by atoms with van der Waals surface area (Å²) in [4.78, 5) is 12.6. The summed E-state index contributed by atoms with van der Waals surface area (Å²) in [5.41, 5.74) is 6.11. The lowest BCUT2D eigenvalue weighted by Crippen LogP contribution is -2.29. The fraction of sp³-hybridized carbons (Fsp3) is 0.857. The Balaban J connectivity index is 1.67. The van der Waals surface area contributed by atoms with Crippen molar-refractivity contribution in [3.05, 3.63) is 5.82 Å². The molecule has 3 rings (SSSR count). The van der Waals surface area contributed by atoms with Crippen LogP contribution in [0.15, 0.2) is 0 Å². The molecule has 146 valence electrons. The summed E-state index contributed by atoms with van der Waals surface area (Å²) in [5, 5.41) is 3.65. The Bertz CT molecular complexity index is 513. The highest BCUT2D eigenvalue weighted by molar-refractivity contribution is 5.23. The van der Waals surface area contributed by atoms with E-state index in [1.165, 1.54) is 103 Å². The SMILES string of the molecule is Nc1nc(C2CCCCCCCC2)nc(NC2CCCCCCCC2)[nH+]1. The van der Waals surface area contributed by atoms with Gasteiger partial charge >= 0.3 is 11.9 Å². The average Bonchev–Trinajstić information content (AvgIpc) is 2.84. The third-order valence-corrected chi connectivity index (χ3v) is 6.12. The molecule has 0 amide bonds. The molecule has 26 heavy (non-hydrogen) atoms. The normalized spacial score (nSPS) is 22.3. The van der Waals surface area contributed by atoms with Crippen molar-refractivity contribution < 1.29 is 4.98 Å². The zero-order valence-corrected chi connectivity index (χ0v) is 16.4. The molecule has 0 aliphatic heterocycles. The van der Waals surface area contributed by atoms with Crippen LogP contribution in [-0.4, -0.2) is 16.0 Å². The third-order valence-electron chi connectivity index (χ3n) is 6.12. The number of nitrogens with zero attached hydrogens (tertiary/aromatic N) is 2. The van der Waals surface area contributed by atoms with Crippen molar-refractivity contribution in [3.63, 3.8) is 0 Å². The van der Waals surface area contributed by atoms with E-state index in [1.807, 2.05) is 0 Å². The maximum absolute atomic E-state index is 6.11. The van der Waals surface area contributed by atoms with Crippen LogP contribution >= 0.6 is 0 Å². The van der Waals surface area contributed by atoms with Gasteiger partial charge in [0.2, 0.25) is 5.82 Å². The Morgan fingerprint density at radius 3 is 1.77 bits per heavy atom. The third kappa shape index (κ3) is 6.40. The van der Waals surface area contributed by atoms with E-state index in [1.54, 1.807) is 0 Å². The number of hydrogen-bond donors (Lipinski definition) is 2. The van der Waals surface area contributed by atoms with Gasteiger partial charge in [-0.1, -0.05) is 77.0 Å². The van der Waals surface area contributed by atoms with Gasteiger partial charge in [-0.3, -0.25) is 0 Å². The second-order valence-corrected chi connectivity index (χ2v) is 8.38. The lowest BCUT2D eigenvalue weighted by molar-refractivity contribution is -0.352. The first-order valence-corrected chi connectivity index (χ1v) is 11.1. The number of hydrogen-bond acceptors (Lipinski definition) is 4. The van der Waals surface area contributed by atoms with E-state index in [-0.39, 0.29) is 0 Å². The lowest BCUT2D eigenvalue weighted by Gasteiger charge is -2.16. The first kappa shape index (κ1) is 19.4. The highest BCUT2D eigenvalue weighted by atomic mass is 15.2. The summed E-state index contributed by atoms with van der Waals surface area (Å²) in [6.07, 6.45) is 21.0. The minimum atomic E-state index is 0.464. The van der Waals surface area contributed by atoms with Crippen molar-refractivity contribution in [2.24, 2.45) is 0 Å². The molecule has 1 aromatic heterocycles.